The Balaban J connectivity index is 1.90. The number of carbonyl (C=O) groups is 2. The molecule has 1 amide bonds. The molecule has 188 valence electrons. The molecule has 0 fully saturated rings. The standard InChI is InChI=1S/C28H28FNO6/c1-5-36-28(32)21-8-6-18(7-9-21)17-30-27(31)23(20-10-12-22(29)13-11-20)14-19-15-24(33-2)26(35-4)25(16-19)34-3/h6-16H,5,17H2,1-4H3,(H,30,31). The van der Waals surface area contributed by atoms with Gasteiger partial charge in [0.25, 0.3) is 5.91 Å². The van der Waals surface area contributed by atoms with E-state index in [0.29, 0.717) is 46.1 Å². The van der Waals surface area contributed by atoms with E-state index in [-0.39, 0.29) is 12.5 Å². The molecule has 7 nitrogen and oxygen atoms in total. The molecule has 0 aliphatic heterocycles. The summed E-state index contributed by atoms with van der Waals surface area (Å²) >= 11 is 0. The fourth-order valence-electron chi connectivity index (χ4n) is 3.51. The average Bonchev–Trinajstić information content (AvgIpc) is 2.90. The molecule has 0 saturated heterocycles. The van der Waals surface area contributed by atoms with Gasteiger partial charge in [-0.25, -0.2) is 9.18 Å². The van der Waals surface area contributed by atoms with E-state index in [4.69, 9.17) is 18.9 Å². The van der Waals surface area contributed by atoms with Gasteiger partial charge in [-0.3, -0.25) is 4.79 Å². The molecular weight excluding hydrogens is 465 g/mol. The van der Waals surface area contributed by atoms with Crippen LogP contribution in [0.5, 0.6) is 17.2 Å². The zero-order valence-corrected chi connectivity index (χ0v) is 20.6. The van der Waals surface area contributed by atoms with E-state index in [2.05, 4.69) is 5.32 Å². The molecular formula is C28H28FNO6. The summed E-state index contributed by atoms with van der Waals surface area (Å²) in [7, 11) is 4.52. The second kappa shape index (κ2) is 12.4. The predicted octanol–water partition coefficient (Wildman–Crippen LogP) is 4.89. The number of esters is 1. The Kier molecular flexibility index (Phi) is 9.05. The molecule has 3 aromatic rings. The zero-order valence-electron chi connectivity index (χ0n) is 20.6. The fraction of sp³-hybridized carbons (Fsp3) is 0.214. The molecule has 0 saturated carbocycles. The molecule has 0 aromatic heterocycles. The van der Waals surface area contributed by atoms with E-state index >= 15 is 0 Å². The van der Waals surface area contributed by atoms with Crippen LogP contribution in [0.15, 0.2) is 60.7 Å². The lowest BCUT2D eigenvalue weighted by Gasteiger charge is -2.14. The van der Waals surface area contributed by atoms with E-state index in [1.807, 2.05) is 0 Å². The SMILES string of the molecule is CCOC(=O)c1ccc(CNC(=O)C(=Cc2cc(OC)c(OC)c(OC)c2)c2ccc(F)cc2)cc1. The third kappa shape index (κ3) is 6.41. The Bertz CT molecular complexity index is 1210. The van der Waals surface area contributed by atoms with Gasteiger partial charge in [0.15, 0.2) is 11.5 Å². The molecule has 0 radical (unpaired) electrons. The van der Waals surface area contributed by atoms with E-state index < -0.39 is 11.8 Å². The summed E-state index contributed by atoms with van der Waals surface area (Å²) in [6, 6.07) is 15.9. The van der Waals surface area contributed by atoms with Crippen LogP contribution in [0, 0.1) is 5.82 Å². The first-order valence-corrected chi connectivity index (χ1v) is 11.2. The third-order valence-corrected chi connectivity index (χ3v) is 5.32. The minimum atomic E-state index is -0.409. The van der Waals surface area contributed by atoms with E-state index in [1.54, 1.807) is 49.4 Å². The predicted molar refractivity (Wildman–Crippen MR) is 135 cm³/mol. The van der Waals surface area contributed by atoms with Crippen molar-refractivity contribution in [1.82, 2.24) is 5.32 Å². The van der Waals surface area contributed by atoms with Crippen LogP contribution in [-0.4, -0.2) is 39.8 Å². The lowest BCUT2D eigenvalue weighted by atomic mass is 10.0. The van der Waals surface area contributed by atoms with Crippen molar-refractivity contribution in [3.63, 3.8) is 0 Å². The van der Waals surface area contributed by atoms with Crippen LogP contribution in [0.4, 0.5) is 4.39 Å². The molecule has 0 bridgehead atoms. The Hall–Kier alpha value is -4.33. The molecule has 0 spiro atoms. The molecule has 0 atom stereocenters. The van der Waals surface area contributed by atoms with Gasteiger partial charge in [-0.1, -0.05) is 24.3 Å². The number of amides is 1. The molecule has 3 aromatic carbocycles. The number of ether oxygens (including phenoxy) is 4. The number of nitrogens with one attached hydrogen (secondary N) is 1. The highest BCUT2D eigenvalue weighted by Crippen LogP contribution is 2.39. The maximum Gasteiger partial charge on any atom is 0.338 e. The topological polar surface area (TPSA) is 83.1 Å². The van der Waals surface area contributed by atoms with E-state index in [9.17, 15) is 14.0 Å². The van der Waals surface area contributed by atoms with Crippen molar-refractivity contribution in [2.75, 3.05) is 27.9 Å². The average molecular weight is 494 g/mol. The number of hydrogen-bond acceptors (Lipinski definition) is 6. The van der Waals surface area contributed by atoms with Crippen LogP contribution < -0.4 is 19.5 Å². The summed E-state index contributed by atoms with van der Waals surface area (Å²) in [5, 5.41) is 2.88. The molecule has 36 heavy (non-hydrogen) atoms. The highest BCUT2D eigenvalue weighted by atomic mass is 19.1. The van der Waals surface area contributed by atoms with Crippen molar-refractivity contribution in [1.29, 1.82) is 0 Å². The first-order chi connectivity index (χ1) is 17.4. The highest BCUT2D eigenvalue weighted by molar-refractivity contribution is 6.24. The molecule has 0 unspecified atom stereocenters. The van der Waals surface area contributed by atoms with E-state index in [0.717, 1.165) is 5.56 Å². The van der Waals surface area contributed by atoms with Crippen molar-refractivity contribution in [2.24, 2.45) is 0 Å². The lowest BCUT2D eigenvalue weighted by molar-refractivity contribution is -0.115. The first-order valence-electron chi connectivity index (χ1n) is 11.2. The van der Waals surface area contributed by atoms with Crippen LogP contribution in [-0.2, 0) is 16.1 Å². The number of hydrogen-bond donors (Lipinski definition) is 1. The second-order valence-electron chi connectivity index (χ2n) is 7.62. The highest BCUT2D eigenvalue weighted by Gasteiger charge is 2.16. The normalized spacial score (nSPS) is 11.0. The van der Waals surface area contributed by atoms with Crippen molar-refractivity contribution in [2.45, 2.75) is 13.5 Å². The zero-order chi connectivity index (χ0) is 26.1. The summed E-state index contributed by atoms with van der Waals surface area (Å²) in [5.74, 6) is 0.112. The Labute approximate surface area is 209 Å². The Morgan fingerprint density at radius 1 is 0.861 bits per heavy atom. The van der Waals surface area contributed by atoms with Crippen molar-refractivity contribution >= 4 is 23.5 Å². The number of benzene rings is 3. The van der Waals surface area contributed by atoms with Crippen LogP contribution >= 0.6 is 0 Å². The number of methoxy groups -OCH3 is 3. The smallest absolute Gasteiger partial charge is 0.338 e. The van der Waals surface area contributed by atoms with Crippen LogP contribution in [0.2, 0.25) is 0 Å². The van der Waals surface area contributed by atoms with Gasteiger partial charge >= 0.3 is 5.97 Å². The molecule has 1 N–H and O–H groups in total. The van der Waals surface area contributed by atoms with Gasteiger partial charge in [0.2, 0.25) is 5.75 Å². The van der Waals surface area contributed by atoms with Gasteiger partial charge in [0, 0.05) is 12.1 Å². The second-order valence-corrected chi connectivity index (χ2v) is 7.62. The Morgan fingerprint density at radius 2 is 1.44 bits per heavy atom. The number of carbonyl (C=O) groups excluding carboxylic acids is 2. The van der Waals surface area contributed by atoms with Gasteiger partial charge < -0.3 is 24.3 Å². The van der Waals surface area contributed by atoms with Gasteiger partial charge in [-0.05, 0) is 66.1 Å². The summed E-state index contributed by atoms with van der Waals surface area (Å²) in [6.45, 7) is 2.25. The lowest BCUT2D eigenvalue weighted by Crippen LogP contribution is -2.24. The molecule has 0 aliphatic rings. The largest absolute Gasteiger partial charge is 0.493 e. The van der Waals surface area contributed by atoms with Crippen molar-refractivity contribution in [3.8, 4) is 17.2 Å². The number of halogens is 1. The van der Waals surface area contributed by atoms with Gasteiger partial charge in [0.05, 0.1) is 33.5 Å². The summed E-state index contributed by atoms with van der Waals surface area (Å²) in [4.78, 5) is 25.1. The minimum Gasteiger partial charge on any atom is -0.493 e. The maximum absolute atomic E-state index is 13.6. The Morgan fingerprint density at radius 3 is 1.97 bits per heavy atom. The van der Waals surface area contributed by atoms with Gasteiger partial charge in [-0.2, -0.15) is 0 Å². The van der Waals surface area contributed by atoms with E-state index in [1.165, 1.54) is 45.6 Å². The van der Waals surface area contributed by atoms with Crippen LogP contribution in [0.25, 0.3) is 11.6 Å². The maximum atomic E-state index is 13.6. The minimum absolute atomic E-state index is 0.218. The summed E-state index contributed by atoms with van der Waals surface area (Å²) < 4.78 is 34.7. The van der Waals surface area contributed by atoms with Crippen LogP contribution in [0.3, 0.4) is 0 Å². The van der Waals surface area contributed by atoms with Crippen molar-refractivity contribution < 1.29 is 32.9 Å². The molecule has 8 heteroatoms. The fourth-order valence-corrected chi connectivity index (χ4v) is 3.51. The molecule has 3 rings (SSSR count). The number of rotatable bonds is 10. The third-order valence-electron chi connectivity index (χ3n) is 5.32. The quantitative estimate of drug-likeness (QED) is 0.246. The monoisotopic (exact) mass is 493 g/mol. The molecule has 0 aliphatic carbocycles. The van der Waals surface area contributed by atoms with Crippen molar-refractivity contribution in [3.05, 3.63) is 88.7 Å². The summed E-state index contributed by atoms with van der Waals surface area (Å²) in [6.07, 6.45) is 1.66. The van der Waals surface area contributed by atoms with Crippen LogP contribution in [0.1, 0.15) is 34.0 Å². The van der Waals surface area contributed by atoms with Gasteiger partial charge in [-0.15, -0.1) is 0 Å². The molecule has 0 heterocycles. The summed E-state index contributed by atoms with van der Waals surface area (Å²) in [5.41, 5.74) is 2.69. The van der Waals surface area contributed by atoms with Gasteiger partial charge in [0.1, 0.15) is 5.82 Å². The first kappa shape index (κ1) is 26.3.